The Morgan fingerprint density at radius 2 is 1.87 bits per heavy atom. The molecule has 0 aliphatic rings. The van der Waals surface area contributed by atoms with Crippen molar-refractivity contribution in [2.45, 2.75) is 19.9 Å². The molecule has 0 atom stereocenters. The Balaban J connectivity index is 2.10. The molecule has 6 nitrogen and oxygen atoms in total. The van der Waals surface area contributed by atoms with Gasteiger partial charge in [-0.2, -0.15) is 0 Å². The molecule has 0 aliphatic heterocycles. The number of esters is 1. The van der Waals surface area contributed by atoms with Crippen LogP contribution in [0.15, 0.2) is 49.1 Å². The first-order valence-corrected chi connectivity index (χ1v) is 7.44. The molecule has 0 aliphatic carbocycles. The summed E-state index contributed by atoms with van der Waals surface area (Å²) in [6.07, 6.45) is 6.66. The Bertz CT molecular complexity index is 632. The molecule has 0 aromatic carbocycles. The highest BCUT2D eigenvalue weighted by atomic mass is 16.5. The van der Waals surface area contributed by atoms with Crippen molar-refractivity contribution < 1.29 is 14.3 Å². The fourth-order valence-electron chi connectivity index (χ4n) is 2.10. The van der Waals surface area contributed by atoms with Crippen LogP contribution in [0, 0.1) is 0 Å². The van der Waals surface area contributed by atoms with Crippen LogP contribution in [-0.2, 0) is 16.1 Å². The molecule has 2 heterocycles. The van der Waals surface area contributed by atoms with E-state index in [1.165, 1.54) is 6.20 Å². The van der Waals surface area contributed by atoms with Gasteiger partial charge in [-0.1, -0.05) is 6.07 Å². The van der Waals surface area contributed by atoms with Gasteiger partial charge in [-0.05, 0) is 30.7 Å². The van der Waals surface area contributed by atoms with Crippen LogP contribution in [0.2, 0.25) is 0 Å². The monoisotopic (exact) mass is 313 g/mol. The molecule has 6 heteroatoms. The number of rotatable bonds is 7. The van der Waals surface area contributed by atoms with Crippen molar-refractivity contribution in [3.63, 3.8) is 0 Å². The summed E-state index contributed by atoms with van der Waals surface area (Å²) in [7, 11) is 0. The zero-order valence-electron chi connectivity index (χ0n) is 13.0. The Labute approximate surface area is 135 Å². The van der Waals surface area contributed by atoms with E-state index in [0.29, 0.717) is 18.7 Å². The van der Waals surface area contributed by atoms with Crippen LogP contribution in [0.3, 0.4) is 0 Å². The average Bonchev–Trinajstić information content (AvgIpc) is 2.60. The maximum Gasteiger partial charge on any atom is 0.307 e. The van der Waals surface area contributed by atoms with Crippen LogP contribution in [0.4, 0.5) is 0 Å². The third-order valence-corrected chi connectivity index (χ3v) is 3.18. The Kier molecular flexibility index (Phi) is 6.23. The van der Waals surface area contributed by atoms with Gasteiger partial charge in [0.1, 0.15) is 0 Å². The summed E-state index contributed by atoms with van der Waals surface area (Å²) < 4.78 is 4.93. The van der Waals surface area contributed by atoms with Crippen molar-refractivity contribution >= 4 is 11.9 Å². The molecular formula is C17H19N3O3. The van der Waals surface area contributed by atoms with Gasteiger partial charge >= 0.3 is 5.97 Å². The third kappa shape index (κ3) is 5.18. The molecule has 1 amide bonds. The number of aromatic nitrogens is 2. The maximum atomic E-state index is 12.6. The summed E-state index contributed by atoms with van der Waals surface area (Å²) in [4.78, 5) is 33.8. The van der Waals surface area contributed by atoms with Gasteiger partial charge in [0.2, 0.25) is 0 Å². The minimum Gasteiger partial charge on any atom is -0.466 e. The van der Waals surface area contributed by atoms with E-state index < -0.39 is 0 Å². The molecule has 2 aromatic rings. The minimum absolute atomic E-state index is 0.153. The standard InChI is InChI=1S/C17H19N3O3/c1-2-23-16(21)7-10-20(13-14-5-3-8-18-11-14)17(22)15-6-4-9-19-12-15/h3-6,8-9,11-12H,2,7,10,13H2,1H3. The van der Waals surface area contributed by atoms with E-state index in [1.807, 2.05) is 12.1 Å². The summed E-state index contributed by atoms with van der Waals surface area (Å²) in [5, 5.41) is 0. The van der Waals surface area contributed by atoms with Crippen LogP contribution in [-0.4, -0.2) is 39.9 Å². The quantitative estimate of drug-likeness (QED) is 0.732. The lowest BCUT2D eigenvalue weighted by Crippen LogP contribution is -2.33. The Hall–Kier alpha value is -2.76. The summed E-state index contributed by atoms with van der Waals surface area (Å²) >= 11 is 0. The predicted octanol–water partition coefficient (Wildman–Crippen LogP) is 2.07. The lowest BCUT2D eigenvalue weighted by molar-refractivity contribution is -0.143. The summed E-state index contributed by atoms with van der Waals surface area (Å²) in [6.45, 7) is 2.74. The topological polar surface area (TPSA) is 72.4 Å². The van der Waals surface area contributed by atoms with Crippen LogP contribution in [0.1, 0.15) is 29.3 Å². The fraction of sp³-hybridized carbons (Fsp3) is 0.294. The van der Waals surface area contributed by atoms with Gasteiger partial charge in [-0.3, -0.25) is 19.6 Å². The zero-order valence-corrected chi connectivity index (χ0v) is 13.0. The largest absolute Gasteiger partial charge is 0.466 e. The van der Waals surface area contributed by atoms with Gasteiger partial charge in [0.05, 0.1) is 18.6 Å². The van der Waals surface area contributed by atoms with Gasteiger partial charge in [-0.25, -0.2) is 0 Å². The fourth-order valence-corrected chi connectivity index (χ4v) is 2.10. The van der Waals surface area contributed by atoms with Gasteiger partial charge in [0.15, 0.2) is 0 Å². The van der Waals surface area contributed by atoms with Gasteiger partial charge in [0.25, 0.3) is 5.91 Å². The van der Waals surface area contributed by atoms with E-state index in [2.05, 4.69) is 9.97 Å². The van der Waals surface area contributed by atoms with Crippen LogP contribution >= 0.6 is 0 Å². The summed E-state index contributed by atoms with van der Waals surface area (Å²) in [6, 6.07) is 7.12. The van der Waals surface area contributed by atoms with E-state index in [9.17, 15) is 9.59 Å². The van der Waals surface area contributed by atoms with E-state index in [-0.39, 0.29) is 24.8 Å². The number of ether oxygens (including phenoxy) is 1. The second-order valence-electron chi connectivity index (χ2n) is 4.88. The van der Waals surface area contributed by atoms with E-state index in [0.717, 1.165) is 5.56 Å². The van der Waals surface area contributed by atoms with Crippen molar-refractivity contribution in [3.05, 3.63) is 60.2 Å². The highest BCUT2D eigenvalue weighted by Gasteiger charge is 2.18. The number of carbonyl (C=O) groups is 2. The molecule has 0 N–H and O–H groups in total. The molecule has 23 heavy (non-hydrogen) atoms. The molecule has 0 radical (unpaired) electrons. The first-order valence-electron chi connectivity index (χ1n) is 7.44. The molecule has 0 saturated carbocycles. The van der Waals surface area contributed by atoms with Crippen LogP contribution in [0.25, 0.3) is 0 Å². The van der Waals surface area contributed by atoms with E-state index in [1.54, 1.807) is 42.5 Å². The number of carbonyl (C=O) groups excluding carboxylic acids is 2. The minimum atomic E-state index is -0.317. The number of pyridine rings is 2. The average molecular weight is 313 g/mol. The Morgan fingerprint density at radius 1 is 1.13 bits per heavy atom. The molecule has 2 rings (SSSR count). The lowest BCUT2D eigenvalue weighted by atomic mass is 10.2. The zero-order chi connectivity index (χ0) is 16.5. The van der Waals surface area contributed by atoms with Gasteiger partial charge in [-0.15, -0.1) is 0 Å². The normalized spacial score (nSPS) is 10.1. The lowest BCUT2D eigenvalue weighted by Gasteiger charge is -2.22. The molecule has 0 saturated heterocycles. The number of hydrogen-bond acceptors (Lipinski definition) is 5. The summed E-state index contributed by atoms with van der Waals surface area (Å²) in [5.41, 5.74) is 1.38. The first-order chi connectivity index (χ1) is 11.2. The predicted molar refractivity (Wildman–Crippen MR) is 84.5 cm³/mol. The van der Waals surface area contributed by atoms with Crippen molar-refractivity contribution in [3.8, 4) is 0 Å². The van der Waals surface area contributed by atoms with Gasteiger partial charge < -0.3 is 9.64 Å². The second kappa shape index (κ2) is 8.63. The van der Waals surface area contributed by atoms with E-state index >= 15 is 0 Å². The van der Waals surface area contributed by atoms with Crippen molar-refractivity contribution in [2.75, 3.05) is 13.2 Å². The van der Waals surface area contributed by atoms with E-state index in [4.69, 9.17) is 4.74 Å². The van der Waals surface area contributed by atoms with Crippen LogP contribution in [0.5, 0.6) is 0 Å². The molecular weight excluding hydrogens is 294 g/mol. The molecule has 0 bridgehead atoms. The molecule has 0 fully saturated rings. The number of nitrogens with zero attached hydrogens (tertiary/aromatic N) is 3. The smallest absolute Gasteiger partial charge is 0.307 e. The molecule has 120 valence electrons. The summed E-state index contributed by atoms with van der Waals surface area (Å²) in [5.74, 6) is -0.492. The Morgan fingerprint density at radius 3 is 2.48 bits per heavy atom. The maximum absolute atomic E-state index is 12.6. The van der Waals surface area contributed by atoms with Crippen molar-refractivity contribution in [1.29, 1.82) is 0 Å². The van der Waals surface area contributed by atoms with Crippen LogP contribution < -0.4 is 0 Å². The SMILES string of the molecule is CCOC(=O)CCN(Cc1cccnc1)C(=O)c1cccnc1. The van der Waals surface area contributed by atoms with Crippen molar-refractivity contribution in [2.24, 2.45) is 0 Å². The second-order valence-corrected chi connectivity index (χ2v) is 4.88. The number of hydrogen-bond donors (Lipinski definition) is 0. The highest BCUT2D eigenvalue weighted by molar-refractivity contribution is 5.94. The molecule has 2 aromatic heterocycles. The first kappa shape index (κ1) is 16.6. The highest BCUT2D eigenvalue weighted by Crippen LogP contribution is 2.10. The van der Waals surface area contributed by atoms with Gasteiger partial charge in [0, 0.05) is 37.9 Å². The molecule has 0 spiro atoms. The molecule has 0 unspecified atom stereocenters. The van der Waals surface area contributed by atoms with Crippen molar-refractivity contribution in [1.82, 2.24) is 14.9 Å². The number of amides is 1. The third-order valence-electron chi connectivity index (χ3n) is 3.18.